The summed E-state index contributed by atoms with van der Waals surface area (Å²) in [6.45, 7) is 4.21. The minimum atomic E-state index is 0. The van der Waals surface area contributed by atoms with E-state index in [1.165, 1.54) is 5.56 Å². The maximum Gasteiger partial charge on any atom is 0.0654 e. The van der Waals surface area contributed by atoms with Gasteiger partial charge in [-0.05, 0) is 24.6 Å². The largest absolute Gasteiger partial charge is 0.265 e. The second-order valence-corrected chi connectivity index (χ2v) is 3.30. The Morgan fingerprint density at radius 3 is 2.73 bits per heavy atom. The van der Waals surface area contributed by atoms with Crippen molar-refractivity contribution in [3.63, 3.8) is 0 Å². The molecule has 1 heterocycles. The van der Waals surface area contributed by atoms with Crippen LogP contribution in [0.4, 0.5) is 0 Å². The number of aromatic nitrogens is 2. The minimum absolute atomic E-state index is 0. The van der Waals surface area contributed by atoms with Crippen LogP contribution in [0.2, 0.25) is 0 Å². The van der Waals surface area contributed by atoms with E-state index in [1.807, 2.05) is 35.1 Å². The first-order valence-electron chi connectivity index (χ1n) is 4.83. The van der Waals surface area contributed by atoms with E-state index in [-0.39, 0.29) is 21.1 Å². The normalized spacial score (nSPS) is 9.73. The zero-order valence-electron chi connectivity index (χ0n) is 8.80. The molecular formula is C12H13N2Pt-. The van der Waals surface area contributed by atoms with Crippen molar-refractivity contribution in [1.29, 1.82) is 0 Å². The average Bonchev–Trinajstić information content (AvgIpc) is 2.61. The molecule has 0 radical (unpaired) electrons. The van der Waals surface area contributed by atoms with Gasteiger partial charge >= 0.3 is 0 Å². The third-order valence-corrected chi connectivity index (χ3v) is 2.27. The van der Waals surface area contributed by atoms with Crippen molar-refractivity contribution in [3.8, 4) is 5.69 Å². The van der Waals surface area contributed by atoms with Crippen LogP contribution in [0, 0.1) is 13.0 Å². The molecule has 2 nitrogen and oxygen atoms in total. The second kappa shape index (κ2) is 5.27. The van der Waals surface area contributed by atoms with Crippen LogP contribution in [0.15, 0.2) is 30.5 Å². The van der Waals surface area contributed by atoms with Gasteiger partial charge in [0.05, 0.1) is 5.69 Å². The van der Waals surface area contributed by atoms with Crippen molar-refractivity contribution in [2.75, 3.05) is 0 Å². The quantitative estimate of drug-likeness (QED) is 0.733. The fourth-order valence-electron chi connectivity index (χ4n) is 1.50. The van der Waals surface area contributed by atoms with Gasteiger partial charge in [-0.3, -0.25) is 4.68 Å². The minimum Gasteiger partial charge on any atom is -0.265 e. The summed E-state index contributed by atoms with van der Waals surface area (Å²) in [5.41, 5.74) is 3.39. The molecule has 0 fully saturated rings. The van der Waals surface area contributed by atoms with Crippen LogP contribution in [-0.2, 0) is 27.5 Å². The number of aryl methyl sites for hydroxylation is 2. The SMILES string of the molecule is CCc1nn(-c2[c-]cccc2)cc1C.[Pt]. The van der Waals surface area contributed by atoms with Crippen molar-refractivity contribution in [1.82, 2.24) is 9.78 Å². The molecule has 0 saturated carbocycles. The van der Waals surface area contributed by atoms with Gasteiger partial charge in [-0.25, -0.2) is 0 Å². The third kappa shape index (κ3) is 2.57. The molecule has 0 amide bonds. The van der Waals surface area contributed by atoms with Crippen LogP contribution in [-0.4, -0.2) is 9.78 Å². The first-order valence-corrected chi connectivity index (χ1v) is 4.83. The van der Waals surface area contributed by atoms with E-state index in [0.29, 0.717) is 0 Å². The van der Waals surface area contributed by atoms with Crippen molar-refractivity contribution in [2.45, 2.75) is 20.3 Å². The van der Waals surface area contributed by atoms with Crippen LogP contribution < -0.4 is 0 Å². The molecule has 0 spiro atoms. The molecule has 82 valence electrons. The predicted molar refractivity (Wildman–Crippen MR) is 56.5 cm³/mol. The third-order valence-electron chi connectivity index (χ3n) is 2.27. The van der Waals surface area contributed by atoms with E-state index in [9.17, 15) is 0 Å². The molecule has 3 heteroatoms. The summed E-state index contributed by atoms with van der Waals surface area (Å²) in [6, 6.07) is 11.0. The molecule has 0 saturated heterocycles. The second-order valence-electron chi connectivity index (χ2n) is 3.30. The van der Waals surface area contributed by atoms with Crippen molar-refractivity contribution in [3.05, 3.63) is 47.8 Å². The smallest absolute Gasteiger partial charge is 0.0654 e. The molecular weight excluding hydrogens is 367 g/mol. The van der Waals surface area contributed by atoms with Gasteiger partial charge in [0.15, 0.2) is 0 Å². The summed E-state index contributed by atoms with van der Waals surface area (Å²) in [5, 5.41) is 4.48. The average molecular weight is 380 g/mol. The van der Waals surface area contributed by atoms with Gasteiger partial charge in [0.25, 0.3) is 0 Å². The Morgan fingerprint density at radius 2 is 2.20 bits per heavy atom. The van der Waals surface area contributed by atoms with E-state index in [0.717, 1.165) is 17.8 Å². The van der Waals surface area contributed by atoms with Gasteiger partial charge in [0.2, 0.25) is 0 Å². The maximum atomic E-state index is 4.48. The zero-order chi connectivity index (χ0) is 9.97. The molecule has 0 unspecified atom stereocenters. The number of hydrogen-bond acceptors (Lipinski definition) is 1. The maximum absolute atomic E-state index is 4.48. The Kier molecular flexibility index (Phi) is 4.28. The molecule has 0 aliphatic heterocycles. The van der Waals surface area contributed by atoms with E-state index in [1.54, 1.807) is 0 Å². The molecule has 1 aromatic heterocycles. The van der Waals surface area contributed by atoms with Crippen LogP contribution in [0.25, 0.3) is 5.69 Å². The van der Waals surface area contributed by atoms with E-state index in [2.05, 4.69) is 25.0 Å². The molecule has 2 rings (SSSR count). The molecule has 0 bridgehead atoms. The van der Waals surface area contributed by atoms with E-state index >= 15 is 0 Å². The molecule has 0 N–H and O–H groups in total. The van der Waals surface area contributed by atoms with Gasteiger partial charge in [-0.15, -0.1) is 6.07 Å². The summed E-state index contributed by atoms with van der Waals surface area (Å²) >= 11 is 0. The summed E-state index contributed by atoms with van der Waals surface area (Å²) in [5.74, 6) is 0. The fourth-order valence-corrected chi connectivity index (χ4v) is 1.50. The fraction of sp³-hybridized carbons (Fsp3) is 0.250. The summed E-state index contributed by atoms with van der Waals surface area (Å²) in [6.07, 6.45) is 3.02. The van der Waals surface area contributed by atoms with Crippen LogP contribution in [0.1, 0.15) is 18.2 Å². The van der Waals surface area contributed by atoms with Crippen molar-refractivity contribution in [2.24, 2.45) is 0 Å². The van der Waals surface area contributed by atoms with E-state index in [4.69, 9.17) is 0 Å². The van der Waals surface area contributed by atoms with Crippen LogP contribution >= 0.6 is 0 Å². The van der Waals surface area contributed by atoms with Crippen molar-refractivity contribution < 1.29 is 21.1 Å². The molecule has 0 atom stereocenters. The Labute approximate surface area is 105 Å². The Balaban J connectivity index is 0.00000112. The Morgan fingerprint density at radius 1 is 1.40 bits per heavy atom. The summed E-state index contributed by atoms with van der Waals surface area (Å²) < 4.78 is 1.88. The Hall–Kier alpha value is -0.882. The molecule has 0 aliphatic rings. The zero-order valence-corrected chi connectivity index (χ0v) is 11.1. The number of rotatable bonds is 2. The summed E-state index contributed by atoms with van der Waals surface area (Å²) in [4.78, 5) is 0. The number of nitrogens with zero attached hydrogens (tertiary/aromatic N) is 2. The van der Waals surface area contributed by atoms with Gasteiger partial charge < -0.3 is 0 Å². The first-order chi connectivity index (χ1) is 6.81. The number of hydrogen-bond donors (Lipinski definition) is 0. The van der Waals surface area contributed by atoms with E-state index < -0.39 is 0 Å². The molecule has 0 aliphatic carbocycles. The number of benzene rings is 1. The number of para-hydroxylation sites is 1. The van der Waals surface area contributed by atoms with Gasteiger partial charge in [0, 0.05) is 27.3 Å². The van der Waals surface area contributed by atoms with Gasteiger partial charge in [-0.2, -0.15) is 29.4 Å². The van der Waals surface area contributed by atoms with Crippen LogP contribution in [0.3, 0.4) is 0 Å². The molecule has 2 aromatic rings. The topological polar surface area (TPSA) is 17.8 Å². The standard InChI is InChI=1S/C12H13N2.Pt/c1-3-12-10(2)9-14(13-12)11-7-5-4-6-8-11;/h4-7,9H,3H2,1-2H3;/q-1;. The first kappa shape index (κ1) is 12.2. The van der Waals surface area contributed by atoms with Crippen LogP contribution in [0.5, 0.6) is 0 Å². The van der Waals surface area contributed by atoms with Gasteiger partial charge in [0.1, 0.15) is 0 Å². The molecule has 15 heavy (non-hydrogen) atoms. The monoisotopic (exact) mass is 380 g/mol. The molecule has 1 aromatic carbocycles. The predicted octanol–water partition coefficient (Wildman–Crippen LogP) is 2.54. The Bertz CT molecular complexity index is 420. The van der Waals surface area contributed by atoms with Crippen molar-refractivity contribution >= 4 is 0 Å². The van der Waals surface area contributed by atoms with Gasteiger partial charge in [-0.1, -0.05) is 6.92 Å². The summed E-state index contributed by atoms with van der Waals surface area (Å²) in [7, 11) is 0.